The molecular formula is C84H157NO23S. The zero-order valence-electron chi connectivity index (χ0n) is 65.6. The van der Waals surface area contributed by atoms with E-state index in [4.69, 9.17) is 47.4 Å². The molecule has 642 valence electrons. The van der Waals surface area contributed by atoms with Crippen LogP contribution in [0.25, 0.3) is 0 Å². The number of fused-ring (bicyclic) bond motifs is 4. The van der Waals surface area contributed by atoms with E-state index < -0.39 is 124 Å². The highest BCUT2D eigenvalue weighted by atomic mass is 32.2. The number of hydrogen-bond acceptors (Lipinski definition) is 23. The van der Waals surface area contributed by atoms with Crippen LogP contribution < -0.4 is 4.72 Å². The fourth-order valence-corrected chi connectivity index (χ4v) is 17.7. The predicted octanol–water partition coefficient (Wildman–Crippen LogP) is 17.0. The molecule has 8 heterocycles. The monoisotopic (exact) mass is 1580 g/mol. The van der Waals surface area contributed by atoms with Gasteiger partial charge in [0.2, 0.25) is 15.9 Å². The number of aliphatic hydroxyl groups is 1. The van der Waals surface area contributed by atoms with Gasteiger partial charge in [-0.25, -0.2) is 8.42 Å². The van der Waals surface area contributed by atoms with Crippen molar-refractivity contribution < 1.29 is 109 Å². The summed E-state index contributed by atoms with van der Waals surface area (Å²) in [7, 11) is -2.06. The molecule has 0 aromatic carbocycles. The highest BCUT2D eigenvalue weighted by molar-refractivity contribution is 7.89. The van der Waals surface area contributed by atoms with Gasteiger partial charge in [-0.15, -0.1) is 0 Å². The van der Waals surface area contributed by atoms with E-state index >= 15 is 0 Å². The highest BCUT2D eigenvalue weighted by Gasteiger charge is 2.68. The van der Waals surface area contributed by atoms with E-state index in [1.54, 1.807) is 69.4 Å². The van der Waals surface area contributed by atoms with Gasteiger partial charge in [0.05, 0.1) is 73.6 Å². The third-order valence-corrected chi connectivity index (χ3v) is 21.2. The average molecular weight is 1580 g/mol. The molecule has 8 aliphatic heterocycles. The maximum absolute atomic E-state index is 13.1. The second-order valence-electron chi connectivity index (χ2n) is 35.2. The zero-order valence-corrected chi connectivity index (χ0v) is 66.4. The van der Waals surface area contributed by atoms with Gasteiger partial charge in [0, 0.05) is 103 Å². The normalized spacial score (nSPS) is 33.4. The van der Waals surface area contributed by atoms with Crippen molar-refractivity contribution in [3.63, 3.8) is 0 Å². The van der Waals surface area contributed by atoms with E-state index in [1.165, 1.54) is 0 Å². The second kappa shape index (κ2) is 39.5. The molecular weight excluding hydrogens is 1420 g/mol. The van der Waals surface area contributed by atoms with Crippen LogP contribution in [0.2, 0.25) is 0 Å². The largest absolute Gasteiger partial charge is 0.462 e. The van der Waals surface area contributed by atoms with Gasteiger partial charge in [0.15, 0.2) is 0 Å². The maximum Gasteiger partial charge on any atom is 0.312 e. The van der Waals surface area contributed by atoms with Crippen molar-refractivity contribution in [1.29, 1.82) is 0 Å². The fraction of sp³-hybridized carbons (Fsp3) is 0.881. The van der Waals surface area contributed by atoms with Crippen LogP contribution in [0.5, 0.6) is 0 Å². The molecule has 2 N–H and O–H groups in total. The third kappa shape index (κ3) is 26.0. The van der Waals surface area contributed by atoms with Crippen molar-refractivity contribution in [2.45, 2.75) is 411 Å². The van der Waals surface area contributed by atoms with Crippen LogP contribution in [-0.2, 0) is 105 Å². The van der Waals surface area contributed by atoms with Crippen LogP contribution in [0.4, 0.5) is 0 Å². The minimum Gasteiger partial charge on any atom is -0.462 e. The molecule has 109 heavy (non-hydrogen) atoms. The first-order chi connectivity index (χ1) is 46.3. The first kappa shape index (κ1) is 110. The van der Waals surface area contributed by atoms with Gasteiger partial charge in [0.25, 0.3) is 0 Å². The van der Waals surface area contributed by atoms with E-state index in [2.05, 4.69) is 0 Å². The molecule has 0 radical (unpaired) electrons. The van der Waals surface area contributed by atoms with Crippen molar-refractivity contribution in [1.82, 2.24) is 4.72 Å². The molecule has 1 amide bonds. The quantitative estimate of drug-likeness (QED) is 0.168. The van der Waals surface area contributed by atoms with Gasteiger partial charge in [0.1, 0.15) is 52.4 Å². The molecule has 16 bridgehead atoms. The minimum absolute atomic E-state index is 0. The van der Waals surface area contributed by atoms with Gasteiger partial charge in [-0.3, -0.25) is 52.7 Å². The summed E-state index contributed by atoms with van der Waals surface area (Å²) in [6.07, 6.45) is 8.35. The number of nitrogens with one attached hydrogen (secondary N) is 1. The van der Waals surface area contributed by atoms with Gasteiger partial charge in [-0.05, 0) is 136 Å². The molecule has 0 aromatic rings. The van der Waals surface area contributed by atoms with E-state index in [0.29, 0.717) is 109 Å². The van der Waals surface area contributed by atoms with Gasteiger partial charge in [-0.1, -0.05) is 115 Å². The highest BCUT2D eigenvalue weighted by Crippen LogP contribution is 2.61. The third-order valence-electron chi connectivity index (χ3n) is 20.6. The van der Waals surface area contributed by atoms with E-state index in [0.717, 1.165) is 6.26 Å². The van der Waals surface area contributed by atoms with Crippen molar-refractivity contribution in [3.8, 4) is 0 Å². The lowest BCUT2D eigenvalue weighted by molar-refractivity contribution is -0.207. The molecule has 16 atom stereocenters. The summed E-state index contributed by atoms with van der Waals surface area (Å²) in [6, 6.07) is 0. The summed E-state index contributed by atoms with van der Waals surface area (Å²) in [4.78, 5) is 124. The molecule has 8 saturated carbocycles. The number of ether oxygens (including phenoxy) is 10. The predicted molar refractivity (Wildman–Crippen MR) is 427 cm³/mol. The van der Waals surface area contributed by atoms with Crippen molar-refractivity contribution in [2.75, 3.05) is 13.4 Å². The van der Waals surface area contributed by atoms with Crippen LogP contribution in [0.1, 0.15) is 347 Å². The lowest BCUT2D eigenvalue weighted by Crippen LogP contribution is -2.59. The number of hydrogen-bond donors (Lipinski definition) is 2. The van der Waals surface area contributed by atoms with Crippen LogP contribution in [0.15, 0.2) is 0 Å². The molecule has 25 heteroatoms. The first-order valence-corrected chi connectivity index (χ1v) is 38.9. The number of amides is 1. The maximum atomic E-state index is 13.1. The summed E-state index contributed by atoms with van der Waals surface area (Å²) in [5.74, 6) is -4.88. The second-order valence-corrected chi connectivity index (χ2v) is 36.9. The molecule has 16 aliphatic rings. The van der Waals surface area contributed by atoms with E-state index in [-0.39, 0.29) is 145 Å². The van der Waals surface area contributed by atoms with Gasteiger partial charge < -0.3 is 52.5 Å². The molecule has 16 fully saturated rings. The van der Waals surface area contributed by atoms with Crippen LogP contribution >= 0.6 is 0 Å². The number of esters is 9. The number of sulfonamides is 1. The summed E-state index contributed by atoms with van der Waals surface area (Å²) in [6.45, 7) is 43.0. The van der Waals surface area contributed by atoms with Crippen molar-refractivity contribution >= 4 is 69.7 Å². The average Bonchev–Trinajstić information content (AvgIpc) is 1.69. The number of rotatable bonds is 8. The first-order valence-electron chi connectivity index (χ1n) is 37.0. The molecule has 24 nitrogen and oxygen atoms in total. The lowest BCUT2D eigenvalue weighted by atomic mass is 9.56. The minimum atomic E-state index is -3.74. The van der Waals surface area contributed by atoms with Crippen LogP contribution in [-0.4, -0.2) is 150 Å². The van der Waals surface area contributed by atoms with Crippen molar-refractivity contribution in [3.05, 3.63) is 0 Å². The molecule has 8 saturated heterocycles. The Kier molecular flexibility index (Phi) is 39.9. The lowest BCUT2D eigenvalue weighted by Gasteiger charge is -2.51. The molecule has 8 aliphatic carbocycles. The molecule has 0 spiro atoms. The number of methoxy groups -OCH3 is 1. The van der Waals surface area contributed by atoms with Crippen LogP contribution in [0, 0.1) is 56.2 Å². The van der Waals surface area contributed by atoms with E-state index in [9.17, 15) is 61.5 Å². The van der Waals surface area contributed by atoms with Crippen molar-refractivity contribution in [2.24, 2.45) is 56.2 Å². The smallest absolute Gasteiger partial charge is 0.312 e. The Hall–Kier alpha value is -5.43. The Morgan fingerprint density at radius 1 is 0.376 bits per heavy atom. The van der Waals surface area contributed by atoms with Gasteiger partial charge >= 0.3 is 53.7 Å². The summed E-state index contributed by atoms with van der Waals surface area (Å²) in [5, 5.41) is 10.7. The Labute approximate surface area is 660 Å². The Morgan fingerprint density at radius 3 is 0.954 bits per heavy atom. The van der Waals surface area contributed by atoms with E-state index in [1.807, 2.05) is 102 Å². The number of carbonyl (C=O) groups excluding carboxylic acids is 10. The summed E-state index contributed by atoms with van der Waals surface area (Å²) >= 11 is 0. The van der Waals surface area contributed by atoms with Gasteiger partial charge in [-0.2, -0.15) is 0 Å². The SMILES string of the molecule is C.C.C.C.C.C.C.C.CC.CC.CC.CC.CC(C)(C)C(=O)OC12CC3CC(C(=O)NS(C)(=O)=O)(CC(C1)C(=O)O3)C2.CC(C)(C)C(=O)OC12CC3CC(O)(CC(C1)C(=O)O3)C2.CC(C)(C)OC(=O)C12CC3CC(OC(=O)C(C)(C)C)(CC(C1)C(=O)O3)C2.COC12CC3CC(OC(=O)C(C)(C)C)(CC(C1)C(=O)O3)C2. The summed E-state index contributed by atoms with van der Waals surface area (Å²) in [5.41, 5.74) is -9.57. The molecule has 16 unspecified atom stereocenters. The molecule has 16 rings (SSSR count). The van der Waals surface area contributed by atoms with Crippen LogP contribution in [0.3, 0.4) is 0 Å². The molecule has 0 aromatic heterocycles. The standard InChI is InChI=1S/C20H30O6.C17H25NO7S.C16H24O5.C15H22O5.4C2H6.8CH4/c1-17(2,3)15(22)26-20-8-12-7-19(11-20,16(23)25-18(4,5)6)9-13(10-20)24-14(12)21;1-15(2,3)14(21)25-17-6-10-5-16(9-17,13(20)18-26(4,22)23)7-11(8-17)24-12(10)19;1-14(2,3)13(18)21-16-6-10-5-15(9-16,19-4)7-11(8-16)20-12(10)17;1-13(2,3)12(17)20-15-5-9-4-14(18,8-15)6-10(7-15)19-11(9)16;4*1-2;;;;;;;;/h12-13H,7-11H2,1-6H3;10-11H,5-9H2,1-4H3,(H,18,20);10-11H,5-9H2,1-4H3;9-10,18H,4-8H2,1-3H3;4*1-2H3;8*1H4. The number of carbonyl (C=O) groups is 10. The Morgan fingerprint density at radius 2 is 0.633 bits per heavy atom. The Bertz CT molecular complexity index is 3190. The summed E-state index contributed by atoms with van der Waals surface area (Å²) < 4.78 is 82.1. The Balaban J connectivity index is -0.000000641. The topological polar surface area (TPSA) is 329 Å². The zero-order chi connectivity index (χ0) is 77.3. The fourth-order valence-electron chi connectivity index (χ4n) is 17.2.